The summed E-state index contributed by atoms with van der Waals surface area (Å²) < 4.78 is 17.4. The highest BCUT2D eigenvalue weighted by molar-refractivity contribution is 5.80. The van der Waals surface area contributed by atoms with E-state index in [9.17, 15) is 9.59 Å². The zero-order chi connectivity index (χ0) is 26.1. The number of pyridine rings is 2. The fourth-order valence-electron chi connectivity index (χ4n) is 3.56. The van der Waals surface area contributed by atoms with E-state index in [2.05, 4.69) is 25.2 Å². The molecule has 0 atom stereocenters. The van der Waals surface area contributed by atoms with E-state index in [1.807, 2.05) is 20.9 Å². The van der Waals surface area contributed by atoms with Gasteiger partial charge < -0.3 is 24.4 Å². The highest BCUT2D eigenvalue weighted by atomic mass is 16.5. The standard InChI is InChI=1S/C25H34N6O5/c1-17(2)27-21(32)16-31-24(20-8-6-9-22(28-20)35-5)29-23-19(25(31)33)14-18(15-26-23)36-12-7-10-30(3)11-13-34-4/h6,8-9,14-15,17H,7,10-13,16H2,1-5H3,(H,27,32). The maximum Gasteiger partial charge on any atom is 0.263 e. The van der Waals surface area contributed by atoms with Gasteiger partial charge in [0.2, 0.25) is 11.8 Å². The molecule has 0 aliphatic rings. The van der Waals surface area contributed by atoms with Crippen molar-refractivity contribution >= 4 is 16.9 Å². The Bertz CT molecular complexity index is 1230. The van der Waals surface area contributed by atoms with Gasteiger partial charge in [-0.1, -0.05) is 6.07 Å². The van der Waals surface area contributed by atoms with Gasteiger partial charge in [-0.05, 0) is 39.4 Å². The maximum atomic E-state index is 13.5. The van der Waals surface area contributed by atoms with Crippen LogP contribution in [0.3, 0.4) is 0 Å². The van der Waals surface area contributed by atoms with Crippen LogP contribution >= 0.6 is 0 Å². The summed E-state index contributed by atoms with van der Waals surface area (Å²) in [7, 11) is 5.21. The Morgan fingerprint density at radius 2 is 1.97 bits per heavy atom. The summed E-state index contributed by atoms with van der Waals surface area (Å²) in [6.07, 6.45) is 2.35. The summed E-state index contributed by atoms with van der Waals surface area (Å²) in [5.74, 6) is 0.747. The van der Waals surface area contributed by atoms with Crippen LogP contribution in [0, 0.1) is 0 Å². The smallest absolute Gasteiger partial charge is 0.263 e. The number of nitrogens with zero attached hydrogens (tertiary/aromatic N) is 5. The van der Waals surface area contributed by atoms with Gasteiger partial charge in [0.25, 0.3) is 5.56 Å². The number of likely N-dealkylation sites (N-methyl/N-ethyl adjacent to an activating group) is 1. The van der Waals surface area contributed by atoms with E-state index >= 15 is 0 Å². The van der Waals surface area contributed by atoms with Crippen molar-refractivity contribution < 1.29 is 19.0 Å². The summed E-state index contributed by atoms with van der Waals surface area (Å²) in [5.41, 5.74) is 0.230. The summed E-state index contributed by atoms with van der Waals surface area (Å²) >= 11 is 0. The van der Waals surface area contributed by atoms with Crippen LogP contribution in [-0.4, -0.2) is 83.9 Å². The van der Waals surface area contributed by atoms with Crippen molar-refractivity contribution in [2.45, 2.75) is 32.9 Å². The van der Waals surface area contributed by atoms with Gasteiger partial charge in [0.05, 0.1) is 31.9 Å². The number of carbonyl (C=O) groups excluding carboxylic acids is 1. The maximum absolute atomic E-state index is 13.5. The van der Waals surface area contributed by atoms with Crippen molar-refractivity contribution in [2.24, 2.45) is 0 Å². The molecule has 0 aliphatic heterocycles. The number of amides is 1. The molecule has 11 heteroatoms. The minimum Gasteiger partial charge on any atom is -0.492 e. The number of methoxy groups -OCH3 is 2. The molecule has 0 saturated heterocycles. The number of hydrogen-bond acceptors (Lipinski definition) is 9. The molecule has 0 radical (unpaired) electrons. The minimum absolute atomic E-state index is 0.0739. The molecule has 0 aromatic carbocycles. The van der Waals surface area contributed by atoms with E-state index in [0.29, 0.717) is 30.5 Å². The molecule has 0 saturated carbocycles. The van der Waals surface area contributed by atoms with Gasteiger partial charge in [-0.15, -0.1) is 0 Å². The number of hydrogen-bond donors (Lipinski definition) is 1. The highest BCUT2D eigenvalue weighted by Gasteiger charge is 2.18. The molecule has 1 amide bonds. The normalized spacial score (nSPS) is 11.3. The number of fused-ring (bicyclic) bond motifs is 1. The summed E-state index contributed by atoms with van der Waals surface area (Å²) in [5, 5.41) is 3.07. The van der Waals surface area contributed by atoms with E-state index in [1.54, 1.807) is 37.6 Å². The zero-order valence-electron chi connectivity index (χ0n) is 21.5. The van der Waals surface area contributed by atoms with Crippen LogP contribution < -0.4 is 20.3 Å². The molecule has 0 unspecified atom stereocenters. The molecule has 0 aliphatic carbocycles. The van der Waals surface area contributed by atoms with Gasteiger partial charge in [0.15, 0.2) is 11.5 Å². The molecule has 0 spiro atoms. The lowest BCUT2D eigenvalue weighted by atomic mass is 10.2. The summed E-state index contributed by atoms with van der Waals surface area (Å²) in [6.45, 7) is 6.32. The van der Waals surface area contributed by atoms with Gasteiger partial charge in [-0.2, -0.15) is 0 Å². The van der Waals surface area contributed by atoms with Gasteiger partial charge in [0, 0.05) is 32.3 Å². The number of carbonyl (C=O) groups is 1. The first-order chi connectivity index (χ1) is 17.3. The van der Waals surface area contributed by atoms with E-state index < -0.39 is 5.56 Å². The Labute approximate surface area is 210 Å². The van der Waals surface area contributed by atoms with E-state index in [0.717, 1.165) is 19.5 Å². The molecule has 194 valence electrons. The Morgan fingerprint density at radius 1 is 1.17 bits per heavy atom. The van der Waals surface area contributed by atoms with Crippen molar-refractivity contribution in [3.05, 3.63) is 40.8 Å². The Hall–Kier alpha value is -3.57. The molecule has 3 aromatic rings. The first kappa shape index (κ1) is 27.0. The predicted octanol–water partition coefficient (Wildman–Crippen LogP) is 1.73. The fourth-order valence-corrected chi connectivity index (χ4v) is 3.56. The van der Waals surface area contributed by atoms with E-state index in [4.69, 9.17) is 14.2 Å². The molecule has 11 nitrogen and oxygen atoms in total. The van der Waals surface area contributed by atoms with Crippen LogP contribution in [0.2, 0.25) is 0 Å². The summed E-state index contributed by atoms with van der Waals surface area (Å²) in [4.78, 5) is 41.6. The van der Waals surface area contributed by atoms with Crippen molar-refractivity contribution in [1.82, 2.24) is 29.7 Å². The second kappa shape index (κ2) is 12.9. The van der Waals surface area contributed by atoms with Crippen LogP contribution in [0.5, 0.6) is 11.6 Å². The number of rotatable bonds is 13. The average Bonchev–Trinajstić information content (AvgIpc) is 2.86. The largest absolute Gasteiger partial charge is 0.492 e. The third-order valence-corrected chi connectivity index (χ3v) is 5.33. The molecular weight excluding hydrogens is 464 g/mol. The van der Waals surface area contributed by atoms with Crippen molar-refractivity contribution in [1.29, 1.82) is 0 Å². The minimum atomic E-state index is -0.407. The average molecular weight is 499 g/mol. The van der Waals surface area contributed by atoms with Crippen LogP contribution in [0.25, 0.3) is 22.6 Å². The van der Waals surface area contributed by atoms with E-state index in [-0.39, 0.29) is 35.4 Å². The zero-order valence-corrected chi connectivity index (χ0v) is 21.5. The second-order valence-corrected chi connectivity index (χ2v) is 8.65. The number of ether oxygens (including phenoxy) is 3. The second-order valence-electron chi connectivity index (χ2n) is 8.65. The molecule has 0 fully saturated rings. The lowest BCUT2D eigenvalue weighted by molar-refractivity contribution is -0.122. The van der Waals surface area contributed by atoms with Crippen LogP contribution in [0.1, 0.15) is 20.3 Å². The first-order valence-electron chi connectivity index (χ1n) is 11.8. The lowest BCUT2D eigenvalue weighted by Crippen LogP contribution is -2.37. The van der Waals surface area contributed by atoms with Crippen molar-refractivity contribution in [3.63, 3.8) is 0 Å². The Kier molecular flexibility index (Phi) is 9.71. The van der Waals surface area contributed by atoms with Crippen LogP contribution in [0.4, 0.5) is 0 Å². The topological polar surface area (TPSA) is 121 Å². The molecule has 36 heavy (non-hydrogen) atoms. The molecule has 3 aromatic heterocycles. The van der Waals surface area contributed by atoms with E-state index in [1.165, 1.54) is 11.7 Å². The quantitative estimate of drug-likeness (QED) is 0.351. The van der Waals surface area contributed by atoms with Crippen LogP contribution in [0.15, 0.2) is 35.3 Å². The van der Waals surface area contributed by atoms with Gasteiger partial charge in [0.1, 0.15) is 18.0 Å². The molecule has 3 heterocycles. The Balaban J connectivity index is 1.91. The molecule has 0 bridgehead atoms. The molecular formula is C25H34N6O5. The molecule has 1 N–H and O–H groups in total. The van der Waals surface area contributed by atoms with Crippen molar-refractivity contribution in [3.8, 4) is 23.1 Å². The SMILES string of the molecule is COCCN(C)CCCOc1cnc2nc(-c3cccc(OC)n3)n(CC(=O)NC(C)C)c(=O)c2c1. The van der Waals surface area contributed by atoms with Gasteiger partial charge in [-0.3, -0.25) is 14.2 Å². The van der Waals surface area contributed by atoms with Gasteiger partial charge in [-0.25, -0.2) is 15.0 Å². The molecule has 3 rings (SSSR count). The number of nitrogens with one attached hydrogen (secondary N) is 1. The third kappa shape index (κ3) is 7.22. The lowest BCUT2D eigenvalue weighted by Gasteiger charge is -2.16. The Morgan fingerprint density at radius 3 is 2.69 bits per heavy atom. The predicted molar refractivity (Wildman–Crippen MR) is 136 cm³/mol. The highest BCUT2D eigenvalue weighted by Crippen LogP contribution is 2.21. The van der Waals surface area contributed by atoms with Gasteiger partial charge >= 0.3 is 0 Å². The van der Waals surface area contributed by atoms with Crippen LogP contribution in [-0.2, 0) is 16.1 Å². The monoisotopic (exact) mass is 498 g/mol. The first-order valence-corrected chi connectivity index (χ1v) is 11.8. The summed E-state index contributed by atoms with van der Waals surface area (Å²) in [6, 6.07) is 6.68. The number of aromatic nitrogens is 4. The fraction of sp³-hybridized carbons (Fsp3) is 0.480. The van der Waals surface area contributed by atoms with Crippen molar-refractivity contribution in [2.75, 3.05) is 47.6 Å². The third-order valence-electron chi connectivity index (χ3n) is 5.33.